The Morgan fingerprint density at radius 3 is 2.00 bits per heavy atom. The van der Waals surface area contributed by atoms with E-state index in [0.29, 0.717) is 11.4 Å². The minimum absolute atomic E-state index is 0. The third kappa shape index (κ3) is 10.7. The van der Waals surface area contributed by atoms with Crippen molar-refractivity contribution in [3.05, 3.63) is 112 Å². The molecule has 1 aliphatic carbocycles. The number of hydrogen-bond donors (Lipinski definition) is 2. The molecule has 16 nitrogen and oxygen atoms in total. The van der Waals surface area contributed by atoms with E-state index >= 15 is 0 Å². The van der Waals surface area contributed by atoms with Gasteiger partial charge in [-0.05, 0) is 72.3 Å². The van der Waals surface area contributed by atoms with E-state index in [1.165, 1.54) is 25.3 Å². The Kier molecular flexibility index (Phi) is 16.2. The summed E-state index contributed by atoms with van der Waals surface area (Å²) in [6.07, 6.45) is 1.01. The summed E-state index contributed by atoms with van der Waals surface area (Å²) in [7, 11) is -14.2. The number of benzene rings is 5. The van der Waals surface area contributed by atoms with Crippen LogP contribution < -0.4 is 104 Å². The van der Waals surface area contributed by atoms with E-state index in [4.69, 9.17) is 16.3 Å². The maximum Gasteiger partial charge on any atom is 1.00 e. The molecule has 0 saturated heterocycles. The topological polar surface area (TPSA) is 259 Å². The monoisotopic (exact) mass is 863 g/mol. The molecule has 0 unspecified atom stereocenters. The minimum Gasteiger partial charge on any atom is -0.744 e. The number of rotatable bonds is 10. The van der Waals surface area contributed by atoms with Crippen LogP contribution in [0.2, 0.25) is 5.02 Å². The number of hydrogen-bond acceptors (Lipinski definition) is 16. The first kappa shape index (κ1) is 47.8. The predicted molar refractivity (Wildman–Crippen MR) is 191 cm³/mol. The van der Waals surface area contributed by atoms with Crippen molar-refractivity contribution in [2.45, 2.75) is 9.79 Å². The molecule has 0 spiro atoms. The Labute approximate surface area is 392 Å². The fourth-order valence-electron chi connectivity index (χ4n) is 5.27. The molecule has 0 atom stereocenters. The second-order valence-electron chi connectivity index (χ2n) is 11.1. The molecule has 0 fully saturated rings. The van der Waals surface area contributed by atoms with Crippen molar-refractivity contribution in [2.75, 3.05) is 17.9 Å². The van der Waals surface area contributed by atoms with Crippen LogP contribution in [-0.4, -0.2) is 57.5 Å². The zero-order valence-corrected chi connectivity index (χ0v) is 38.9. The predicted octanol–water partition coefficient (Wildman–Crippen LogP) is -2.97. The Morgan fingerprint density at radius 2 is 1.38 bits per heavy atom. The van der Waals surface area contributed by atoms with Gasteiger partial charge in [-0.25, -0.2) is 25.3 Å². The summed E-state index contributed by atoms with van der Waals surface area (Å²) in [6, 6.07) is 20.9. The number of Topliss-reactive ketones (excluding diaryl/α,β-unsaturated/α-hetero) is 1. The molecule has 6 rings (SSSR count). The molecule has 0 bridgehead atoms. The van der Waals surface area contributed by atoms with Crippen LogP contribution in [0.15, 0.2) is 121 Å². The molecule has 0 amide bonds. The van der Waals surface area contributed by atoms with E-state index in [1.807, 2.05) is 6.07 Å². The van der Waals surface area contributed by atoms with Crippen molar-refractivity contribution in [3.8, 4) is 5.75 Å². The molecule has 0 saturated carbocycles. The summed E-state index contributed by atoms with van der Waals surface area (Å²) in [5, 5.41) is 14.8. The molecular weight excluding hydrogens is 843 g/mol. The van der Waals surface area contributed by atoms with Gasteiger partial charge >= 0.3 is 88.7 Å². The molecule has 0 aliphatic heterocycles. The second-order valence-corrected chi connectivity index (χ2v) is 15.6. The van der Waals surface area contributed by atoms with Gasteiger partial charge in [0, 0.05) is 38.8 Å². The number of carbonyl (C=O) groups excluding carboxylic acids is 1. The molecule has 272 valence electrons. The summed E-state index contributed by atoms with van der Waals surface area (Å²) in [5.41, 5.74) is 2.38. The van der Waals surface area contributed by atoms with Gasteiger partial charge < -0.3 is 23.7 Å². The number of carbonyl (C=O) groups is 1. The van der Waals surface area contributed by atoms with E-state index in [1.54, 1.807) is 30.3 Å². The molecule has 5 aromatic rings. The van der Waals surface area contributed by atoms with Gasteiger partial charge in [-0.1, -0.05) is 35.9 Å². The molecule has 2 N–H and O–H groups in total. The summed E-state index contributed by atoms with van der Waals surface area (Å²) in [5.74, 6) is -1.03. The van der Waals surface area contributed by atoms with Crippen molar-refractivity contribution >= 4 is 98.7 Å². The van der Waals surface area contributed by atoms with Crippen LogP contribution in [0.3, 0.4) is 0 Å². The van der Waals surface area contributed by atoms with Crippen molar-refractivity contribution in [1.82, 2.24) is 0 Å². The molecule has 23 heteroatoms. The van der Waals surface area contributed by atoms with Crippen LogP contribution in [0, 0.1) is 0 Å². The van der Waals surface area contributed by atoms with Crippen LogP contribution in [-0.2, 0) is 30.4 Å². The van der Waals surface area contributed by atoms with E-state index in [-0.39, 0.29) is 133 Å². The van der Waals surface area contributed by atoms with Gasteiger partial charge in [0.25, 0.3) is 0 Å². The third-order valence-corrected chi connectivity index (χ3v) is 10.4. The van der Waals surface area contributed by atoms with Crippen LogP contribution in [0.25, 0.3) is 16.8 Å². The fourth-order valence-corrected chi connectivity index (χ4v) is 7.28. The molecule has 0 heterocycles. The van der Waals surface area contributed by atoms with E-state index in [0.717, 1.165) is 42.5 Å². The number of fused-ring (bicyclic) bond motifs is 2. The zero-order valence-electron chi connectivity index (χ0n) is 29.7. The number of nitrogens with zero attached hydrogens (tertiary/aromatic N) is 3. The maximum atomic E-state index is 13.7. The Balaban J connectivity index is 0.00000280. The average Bonchev–Trinajstić information content (AvgIpc) is 3.09. The van der Waals surface area contributed by atoms with E-state index < -0.39 is 62.2 Å². The smallest absolute Gasteiger partial charge is 0.744 e. The van der Waals surface area contributed by atoms with Gasteiger partial charge in [0.05, 0.1) is 27.5 Å². The number of hydrazone groups is 1. The van der Waals surface area contributed by atoms with E-state index in [2.05, 4.69) is 26.1 Å². The van der Waals surface area contributed by atoms with Gasteiger partial charge in [-0.15, -0.1) is 10.2 Å². The van der Waals surface area contributed by atoms with Crippen molar-refractivity contribution in [1.29, 1.82) is 0 Å². The molecule has 0 aromatic heterocycles. The first-order valence-electron chi connectivity index (χ1n) is 14.7. The van der Waals surface area contributed by atoms with Gasteiger partial charge in [0.2, 0.25) is 5.78 Å². The maximum absolute atomic E-state index is 13.7. The number of methoxy groups -OCH3 is 1. The summed E-state index contributed by atoms with van der Waals surface area (Å²) in [6.45, 7) is 0. The Hall–Kier alpha value is -2.54. The zero-order chi connectivity index (χ0) is 38.3. The standard InChI is InChI=1S/C33H24ClN5O11S3.3Na/c1-50-28-17-27(37-36-26-12-7-19(34)15-29(26)52(44,45)46)25-16-22(51(41,42)43)9-11-24(25)31(28)38-39-32-30(53(47,48)49)14-18-13-21(8-10-23(18)33(32)40)35-20-5-3-2-4-6-20;;;/h2-17,35,38H,1H3,(H,41,42,43)(H,44,45,46)(H,47,48,49);;;/q;3*+1/p-3/b37-36?,39-32-;;;. The molecule has 1 aliphatic rings. The number of azo groups is 1. The molecule has 0 radical (unpaired) electrons. The van der Waals surface area contributed by atoms with Crippen LogP contribution in [0.1, 0.15) is 15.9 Å². The first-order chi connectivity index (χ1) is 24.9. The number of para-hydroxylation sites is 1. The number of ether oxygens (including phenoxy) is 1. The average molecular weight is 864 g/mol. The SMILES string of the molecule is COc1cc(N=Nc2ccc(Cl)cc2S(=O)(=O)[O-])c2cc(S(=O)(=O)[O-])ccc2c1N/N=C1\C(=O)c2ccc(Nc3ccccc3)cc2C=C1S(=O)(=O)[O-].[Na+].[Na+].[Na+]. The normalized spacial score (nSPS) is 13.6. The van der Waals surface area contributed by atoms with Gasteiger partial charge in [-0.2, -0.15) is 5.10 Å². The summed E-state index contributed by atoms with van der Waals surface area (Å²) < 4.78 is 114. The van der Waals surface area contributed by atoms with Gasteiger partial charge in [0.15, 0.2) is 0 Å². The van der Waals surface area contributed by atoms with Crippen LogP contribution in [0.5, 0.6) is 5.75 Å². The number of allylic oxidation sites excluding steroid dienone is 1. The number of ketones is 1. The Morgan fingerprint density at radius 1 is 0.696 bits per heavy atom. The van der Waals surface area contributed by atoms with Crippen molar-refractivity contribution in [2.24, 2.45) is 15.3 Å². The molecule has 5 aromatic carbocycles. The van der Waals surface area contributed by atoms with Gasteiger partial charge in [-0.3, -0.25) is 10.2 Å². The van der Waals surface area contributed by atoms with Crippen molar-refractivity contribution in [3.63, 3.8) is 0 Å². The largest absolute Gasteiger partial charge is 1.00 e. The Bertz CT molecular complexity index is 2790. The molecule has 56 heavy (non-hydrogen) atoms. The van der Waals surface area contributed by atoms with Crippen molar-refractivity contribution < 1.29 is 137 Å². The fraction of sp³-hybridized carbons (Fsp3) is 0.0303. The number of halogens is 1. The van der Waals surface area contributed by atoms with E-state index in [9.17, 15) is 43.7 Å². The van der Waals surface area contributed by atoms with Crippen LogP contribution >= 0.6 is 11.6 Å². The first-order valence-corrected chi connectivity index (χ1v) is 19.3. The number of anilines is 3. The second kappa shape index (κ2) is 19.0. The molecular formula is C33H21ClN5Na3O11S3. The number of nitrogens with one attached hydrogen (secondary N) is 2. The third-order valence-electron chi connectivity index (χ3n) is 7.66. The summed E-state index contributed by atoms with van der Waals surface area (Å²) >= 11 is 5.85. The van der Waals surface area contributed by atoms with Gasteiger partial charge in [0.1, 0.15) is 53.2 Å². The minimum atomic E-state index is -5.30. The quantitative estimate of drug-likeness (QED) is 0.0616. The van der Waals surface area contributed by atoms with Crippen LogP contribution in [0.4, 0.5) is 28.4 Å². The summed E-state index contributed by atoms with van der Waals surface area (Å²) in [4.78, 5) is 11.2.